The Morgan fingerprint density at radius 2 is 1.96 bits per heavy atom. The van der Waals surface area contributed by atoms with Gasteiger partial charge in [0.15, 0.2) is 0 Å². The Bertz CT molecular complexity index is 910. The van der Waals surface area contributed by atoms with Crippen molar-refractivity contribution in [2.75, 3.05) is 0 Å². The molecule has 2 aliphatic rings. The topological polar surface area (TPSA) is 78.5 Å². The van der Waals surface area contributed by atoms with Gasteiger partial charge < -0.3 is 15.5 Å². The van der Waals surface area contributed by atoms with E-state index in [1.54, 1.807) is 23.1 Å². The van der Waals surface area contributed by atoms with Crippen LogP contribution >= 0.6 is 0 Å². The van der Waals surface area contributed by atoms with Crippen molar-refractivity contribution < 1.29 is 14.4 Å². The van der Waals surface area contributed by atoms with Crippen molar-refractivity contribution in [3.8, 4) is 0 Å². The molecule has 1 fully saturated rings. The first-order valence-electron chi connectivity index (χ1n) is 9.08. The Labute approximate surface area is 157 Å². The van der Waals surface area contributed by atoms with Gasteiger partial charge in [-0.05, 0) is 30.2 Å². The number of amides is 3. The largest absolute Gasteiger partial charge is 0.348 e. The standard InChI is InChI=1S/C21H21N3O3/c1-13-18(10-19(25)24(13)12-14-5-3-2-4-6-14)23-20(26)15-7-8-16-11-22-21(27)17(16)9-15/h2-9,13,18H,10-12H2,1H3,(H,22,27)(H,23,26). The molecule has 4 rings (SSSR count). The molecule has 2 aromatic rings. The van der Waals surface area contributed by atoms with Gasteiger partial charge in [-0.3, -0.25) is 14.4 Å². The predicted octanol–water partition coefficient (Wildman–Crippen LogP) is 1.85. The second kappa shape index (κ2) is 6.87. The summed E-state index contributed by atoms with van der Waals surface area (Å²) < 4.78 is 0. The molecular weight excluding hydrogens is 342 g/mol. The van der Waals surface area contributed by atoms with Crippen molar-refractivity contribution >= 4 is 17.7 Å². The highest BCUT2D eigenvalue weighted by Gasteiger charge is 2.37. The van der Waals surface area contributed by atoms with Crippen LogP contribution < -0.4 is 10.6 Å². The van der Waals surface area contributed by atoms with E-state index in [2.05, 4.69) is 10.6 Å². The molecule has 138 valence electrons. The summed E-state index contributed by atoms with van der Waals surface area (Å²) in [6.07, 6.45) is 0.283. The van der Waals surface area contributed by atoms with Gasteiger partial charge in [-0.2, -0.15) is 0 Å². The quantitative estimate of drug-likeness (QED) is 0.870. The van der Waals surface area contributed by atoms with Crippen LogP contribution in [-0.2, 0) is 17.9 Å². The van der Waals surface area contributed by atoms with E-state index in [9.17, 15) is 14.4 Å². The lowest BCUT2D eigenvalue weighted by Crippen LogP contribution is -2.43. The summed E-state index contributed by atoms with van der Waals surface area (Å²) in [7, 11) is 0. The molecule has 0 radical (unpaired) electrons. The lowest BCUT2D eigenvalue weighted by molar-refractivity contribution is -0.129. The Kier molecular flexibility index (Phi) is 4.39. The Morgan fingerprint density at radius 3 is 2.74 bits per heavy atom. The molecule has 6 heteroatoms. The Hall–Kier alpha value is -3.15. The van der Waals surface area contributed by atoms with Crippen LogP contribution in [0.5, 0.6) is 0 Å². The summed E-state index contributed by atoms with van der Waals surface area (Å²) in [6.45, 7) is 2.99. The van der Waals surface area contributed by atoms with Crippen molar-refractivity contribution in [3.05, 3.63) is 70.8 Å². The number of nitrogens with zero attached hydrogens (tertiary/aromatic N) is 1. The van der Waals surface area contributed by atoms with Crippen molar-refractivity contribution in [2.24, 2.45) is 0 Å². The Morgan fingerprint density at radius 1 is 1.19 bits per heavy atom. The number of hydrogen-bond acceptors (Lipinski definition) is 3. The number of fused-ring (bicyclic) bond motifs is 1. The summed E-state index contributed by atoms with van der Waals surface area (Å²) in [4.78, 5) is 38.7. The number of hydrogen-bond donors (Lipinski definition) is 2. The number of nitrogens with one attached hydrogen (secondary N) is 2. The van der Waals surface area contributed by atoms with Crippen LogP contribution in [0.3, 0.4) is 0 Å². The molecule has 0 aromatic heterocycles. The molecule has 0 spiro atoms. The molecule has 2 unspecified atom stereocenters. The second-order valence-electron chi connectivity index (χ2n) is 7.09. The summed E-state index contributed by atoms with van der Waals surface area (Å²) in [5.41, 5.74) is 2.94. The maximum atomic E-state index is 12.7. The fraction of sp³-hybridized carbons (Fsp3) is 0.286. The lowest BCUT2D eigenvalue weighted by atomic mass is 10.0. The Balaban J connectivity index is 1.45. The van der Waals surface area contributed by atoms with E-state index in [4.69, 9.17) is 0 Å². The van der Waals surface area contributed by atoms with Crippen LogP contribution in [0.15, 0.2) is 48.5 Å². The number of rotatable bonds is 4. The molecule has 0 aliphatic carbocycles. The molecule has 1 saturated heterocycles. The molecule has 0 saturated carbocycles. The van der Waals surface area contributed by atoms with E-state index in [1.807, 2.05) is 37.3 Å². The van der Waals surface area contributed by atoms with Crippen LogP contribution in [0.2, 0.25) is 0 Å². The summed E-state index contributed by atoms with van der Waals surface area (Å²) in [5.74, 6) is -0.383. The van der Waals surface area contributed by atoms with Crippen molar-refractivity contribution in [3.63, 3.8) is 0 Å². The molecule has 6 nitrogen and oxygen atoms in total. The van der Waals surface area contributed by atoms with Crippen molar-refractivity contribution in [1.29, 1.82) is 0 Å². The van der Waals surface area contributed by atoms with Gasteiger partial charge in [-0.1, -0.05) is 36.4 Å². The first kappa shape index (κ1) is 17.3. The van der Waals surface area contributed by atoms with E-state index in [-0.39, 0.29) is 36.2 Å². The number of benzene rings is 2. The number of likely N-dealkylation sites (tertiary alicyclic amines) is 1. The van der Waals surface area contributed by atoms with E-state index >= 15 is 0 Å². The normalized spacial score (nSPS) is 21.1. The molecule has 2 aliphatic heterocycles. The first-order chi connectivity index (χ1) is 13.0. The molecule has 2 aromatic carbocycles. The van der Waals surface area contributed by atoms with Gasteiger partial charge in [0.2, 0.25) is 5.91 Å². The van der Waals surface area contributed by atoms with Crippen molar-refractivity contribution in [1.82, 2.24) is 15.5 Å². The maximum Gasteiger partial charge on any atom is 0.251 e. The van der Waals surface area contributed by atoms with E-state index in [1.165, 1.54) is 0 Å². The molecular formula is C21H21N3O3. The molecule has 2 atom stereocenters. The predicted molar refractivity (Wildman–Crippen MR) is 99.9 cm³/mol. The van der Waals surface area contributed by atoms with E-state index < -0.39 is 0 Å². The third-order valence-corrected chi connectivity index (χ3v) is 5.36. The van der Waals surface area contributed by atoms with Gasteiger partial charge in [0.05, 0.1) is 6.04 Å². The zero-order chi connectivity index (χ0) is 19.0. The molecule has 2 N–H and O–H groups in total. The average Bonchev–Trinajstić information content (AvgIpc) is 3.17. The van der Waals surface area contributed by atoms with Crippen LogP contribution in [0.1, 0.15) is 45.2 Å². The monoisotopic (exact) mass is 363 g/mol. The zero-order valence-corrected chi connectivity index (χ0v) is 15.1. The van der Waals surface area contributed by atoms with Gasteiger partial charge in [0.1, 0.15) is 0 Å². The maximum absolute atomic E-state index is 12.7. The summed E-state index contributed by atoms with van der Waals surface area (Å²) >= 11 is 0. The first-order valence-corrected chi connectivity index (χ1v) is 9.08. The van der Waals surface area contributed by atoms with Crippen LogP contribution in [0, 0.1) is 0 Å². The molecule has 0 bridgehead atoms. The number of carbonyl (C=O) groups is 3. The molecule has 3 amide bonds. The molecule has 27 heavy (non-hydrogen) atoms. The van der Waals surface area contributed by atoms with Gasteiger partial charge in [-0.25, -0.2) is 0 Å². The van der Waals surface area contributed by atoms with Gasteiger partial charge >= 0.3 is 0 Å². The fourth-order valence-electron chi connectivity index (χ4n) is 3.71. The van der Waals surface area contributed by atoms with Crippen LogP contribution in [0.25, 0.3) is 0 Å². The van der Waals surface area contributed by atoms with E-state index in [0.717, 1.165) is 11.1 Å². The van der Waals surface area contributed by atoms with Crippen molar-refractivity contribution in [2.45, 2.75) is 38.5 Å². The highest BCUT2D eigenvalue weighted by Crippen LogP contribution is 2.23. The summed E-state index contributed by atoms with van der Waals surface area (Å²) in [5, 5.41) is 5.71. The third kappa shape index (κ3) is 3.30. The lowest BCUT2D eigenvalue weighted by Gasteiger charge is -2.25. The van der Waals surface area contributed by atoms with Gasteiger partial charge in [0, 0.05) is 36.7 Å². The van der Waals surface area contributed by atoms with Gasteiger partial charge in [0.25, 0.3) is 11.8 Å². The minimum absolute atomic E-state index is 0.0324. The highest BCUT2D eigenvalue weighted by molar-refractivity contribution is 6.02. The zero-order valence-electron chi connectivity index (χ0n) is 15.1. The number of carbonyl (C=O) groups excluding carboxylic acids is 3. The van der Waals surface area contributed by atoms with Crippen LogP contribution in [0.4, 0.5) is 0 Å². The SMILES string of the molecule is CC1C(NC(=O)c2ccc3c(c2)C(=O)NC3)CC(=O)N1Cc1ccccc1. The highest BCUT2D eigenvalue weighted by atomic mass is 16.2. The van der Waals surface area contributed by atoms with E-state index in [0.29, 0.717) is 24.2 Å². The minimum atomic E-state index is -0.260. The van der Waals surface area contributed by atoms with Gasteiger partial charge in [-0.15, -0.1) is 0 Å². The second-order valence-corrected chi connectivity index (χ2v) is 7.09. The smallest absolute Gasteiger partial charge is 0.251 e. The summed E-state index contributed by atoms with van der Waals surface area (Å²) in [6, 6.07) is 14.6. The van der Waals surface area contributed by atoms with Crippen LogP contribution in [-0.4, -0.2) is 34.7 Å². The molecule has 2 heterocycles. The average molecular weight is 363 g/mol. The third-order valence-electron chi connectivity index (χ3n) is 5.36. The minimum Gasteiger partial charge on any atom is -0.348 e. The fourth-order valence-corrected chi connectivity index (χ4v) is 3.71.